The summed E-state index contributed by atoms with van der Waals surface area (Å²) in [5.41, 5.74) is 3.38. The number of thiazole rings is 1. The topological polar surface area (TPSA) is 75.3 Å². The Morgan fingerprint density at radius 3 is 2.48 bits per heavy atom. The third kappa shape index (κ3) is 5.04. The Bertz CT molecular complexity index is 683. The Labute approximate surface area is 154 Å². The normalized spacial score (nSPS) is 11.8. The first kappa shape index (κ1) is 19.4. The van der Waals surface area contributed by atoms with Crippen LogP contribution in [0, 0.1) is 6.92 Å². The van der Waals surface area contributed by atoms with Crippen molar-refractivity contribution in [2.24, 2.45) is 4.99 Å². The van der Waals surface area contributed by atoms with Gasteiger partial charge in [0.15, 0.2) is 5.96 Å². The average Bonchev–Trinajstić information content (AvgIpc) is 3.19. The van der Waals surface area contributed by atoms with Crippen molar-refractivity contribution in [1.82, 2.24) is 20.8 Å². The molecule has 6 nitrogen and oxygen atoms in total. The van der Waals surface area contributed by atoms with Gasteiger partial charge in [-0.25, -0.2) is 4.98 Å². The van der Waals surface area contributed by atoms with E-state index < -0.39 is 0 Å². The summed E-state index contributed by atoms with van der Waals surface area (Å²) < 4.78 is 5.41. The van der Waals surface area contributed by atoms with E-state index in [1.165, 1.54) is 15.6 Å². The van der Waals surface area contributed by atoms with Gasteiger partial charge in [-0.1, -0.05) is 25.9 Å². The molecule has 2 N–H and O–H groups in total. The molecule has 2 aromatic heterocycles. The molecule has 0 atom stereocenters. The molecule has 0 aliphatic heterocycles. The minimum absolute atomic E-state index is 0.672. The second-order valence-corrected chi connectivity index (χ2v) is 7.09. The van der Waals surface area contributed by atoms with Gasteiger partial charge in [-0.05, 0) is 19.8 Å². The highest BCUT2D eigenvalue weighted by Crippen LogP contribution is 2.18. The first-order chi connectivity index (χ1) is 12.1. The molecule has 2 heterocycles. The number of nitrogens with one attached hydrogen (secondary N) is 2. The smallest absolute Gasteiger partial charge is 0.191 e. The number of aromatic nitrogens is 2. The van der Waals surface area contributed by atoms with Crippen LogP contribution in [0.3, 0.4) is 0 Å². The number of aryl methyl sites for hydroxylation is 4. The Morgan fingerprint density at radius 1 is 1.12 bits per heavy atom. The molecule has 0 radical (unpaired) electrons. The average molecular weight is 364 g/mol. The van der Waals surface area contributed by atoms with Gasteiger partial charge in [-0.15, -0.1) is 11.3 Å². The molecule has 2 rings (SSSR count). The third-order valence-electron chi connectivity index (χ3n) is 4.17. The SMILES string of the molecule is CCc1nc(CCNC(=NC)NCc2c(CC)noc2CC)sc1C. The minimum Gasteiger partial charge on any atom is -0.361 e. The van der Waals surface area contributed by atoms with Crippen molar-refractivity contribution in [3.05, 3.63) is 32.6 Å². The Morgan fingerprint density at radius 2 is 1.88 bits per heavy atom. The van der Waals surface area contributed by atoms with E-state index in [9.17, 15) is 0 Å². The molecule has 0 unspecified atom stereocenters. The lowest BCUT2D eigenvalue weighted by atomic mass is 10.1. The summed E-state index contributed by atoms with van der Waals surface area (Å²) in [6, 6.07) is 0. The largest absolute Gasteiger partial charge is 0.361 e. The van der Waals surface area contributed by atoms with Gasteiger partial charge in [0.2, 0.25) is 0 Å². The molecule has 25 heavy (non-hydrogen) atoms. The summed E-state index contributed by atoms with van der Waals surface area (Å²) in [5.74, 6) is 1.74. The fraction of sp³-hybridized carbons (Fsp3) is 0.611. The maximum atomic E-state index is 5.41. The minimum atomic E-state index is 0.672. The van der Waals surface area contributed by atoms with E-state index in [1.54, 1.807) is 18.4 Å². The summed E-state index contributed by atoms with van der Waals surface area (Å²) in [5, 5.41) is 12.0. The predicted molar refractivity (Wildman–Crippen MR) is 103 cm³/mol. The summed E-state index contributed by atoms with van der Waals surface area (Å²) in [4.78, 5) is 10.3. The maximum Gasteiger partial charge on any atom is 0.191 e. The van der Waals surface area contributed by atoms with Gasteiger partial charge >= 0.3 is 0 Å². The fourth-order valence-electron chi connectivity index (χ4n) is 2.74. The quantitative estimate of drug-likeness (QED) is 0.557. The van der Waals surface area contributed by atoms with Crippen LogP contribution in [-0.4, -0.2) is 29.7 Å². The Balaban J connectivity index is 1.85. The maximum absolute atomic E-state index is 5.41. The molecule has 0 saturated heterocycles. The molecule has 138 valence electrons. The van der Waals surface area contributed by atoms with E-state index >= 15 is 0 Å². The van der Waals surface area contributed by atoms with Gasteiger partial charge < -0.3 is 15.2 Å². The molecule has 0 saturated carbocycles. The molecule has 0 spiro atoms. The van der Waals surface area contributed by atoms with Gasteiger partial charge in [0.25, 0.3) is 0 Å². The molecule has 0 aromatic carbocycles. The van der Waals surface area contributed by atoms with Crippen LogP contribution in [0.2, 0.25) is 0 Å². The van der Waals surface area contributed by atoms with Crippen molar-refractivity contribution in [2.75, 3.05) is 13.6 Å². The van der Waals surface area contributed by atoms with Crippen LogP contribution >= 0.6 is 11.3 Å². The van der Waals surface area contributed by atoms with Crippen molar-refractivity contribution >= 4 is 17.3 Å². The lowest BCUT2D eigenvalue weighted by Crippen LogP contribution is -2.38. The number of aliphatic imine (C=N–C) groups is 1. The zero-order valence-corrected chi connectivity index (χ0v) is 16.7. The van der Waals surface area contributed by atoms with E-state index in [1.807, 2.05) is 0 Å². The number of guanidine groups is 1. The number of nitrogens with zero attached hydrogens (tertiary/aromatic N) is 3. The van der Waals surface area contributed by atoms with Gasteiger partial charge in [-0.2, -0.15) is 0 Å². The van der Waals surface area contributed by atoms with E-state index in [2.05, 4.69) is 53.5 Å². The van der Waals surface area contributed by atoms with E-state index in [4.69, 9.17) is 4.52 Å². The van der Waals surface area contributed by atoms with Gasteiger partial charge in [0, 0.05) is 43.4 Å². The van der Waals surface area contributed by atoms with Crippen LogP contribution in [0.5, 0.6) is 0 Å². The van der Waals surface area contributed by atoms with Crippen LogP contribution in [-0.2, 0) is 32.2 Å². The monoisotopic (exact) mass is 363 g/mol. The summed E-state index contributed by atoms with van der Waals surface area (Å²) in [6.07, 6.45) is 3.62. The zero-order valence-electron chi connectivity index (χ0n) is 15.9. The molecule has 0 aliphatic carbocycles. The summed E-state index contributed by atoms with van der Waals surface area (Å²) >= 11 is 1.79. The standard InChI is InChI=1S/C18H29N5OS/c1-6-14-12(4)25-17(22-14)9-10-20-18(19-5)21-11-13-15(7-2)23-24-16(13)8-3/h6-11H2,1-5H3,(H2,19,20,21). The second kappa shape index (κ2) is 9.56. The molecule has 0 bridgehead atoms. The highest BCUT2D eigenvalue weighted by molar-refractivity contribution is 7.11. The fourth-order valence-corrected chi connectivity index (χ4v) is 3.76. The third-order valence-corrected chi connectivity index (χ3v) is 5.24. The number of hydrogen-bond donors (Lipinski definition) is 2. The van der Waals surface area contributed by atoms with Crippen molar-refractivity contribution in [3.63, 3.8) is 0 Å². The second-order valence-electron chi connectivity index (χ2n) is 5.80. The van der Waals surface area contributed by atoms with E-state index in [0.717, 1.165) is 55.2 Å². The molecule has 0 amide bonds. The molecule has 0 aliphatic rings. The Kier molecular flexibility index (Phi) is 7.43. The molecular weight excluding hydrogens is 334 g/mol. The van der Waals surface area contributed by atoms with Crippen molar-refractivity contribution < 1.29 is 4.52 Å². The summed E-state index contributed by atoms with van der Waals surface area (Å²) in [6.45, 7) is 9.94. The van der Waals surface area contributed by atoms with Crippen LogP contribution < -0.4 is 10.6 Å². The van der Waals surface area contributed by atoms with Crippen LogP contribution in [0.1, 0.15) is 53.4 Å². The Hall–Kier alpha value is -1.89. The molecular formula is C18H29N5OS. The molecule has 0 fully saturated rings. The zero-order chi connectivity index (χ0) is 18.2. The first-order valence-electron chi connectivity index (χ1n) is 8.98. The lowest BCUT2D eigenvalue weighted by Gasteiger charge is -2.11. The van der Waals surface area contributed by atoms with E-state index in [0.29, 0.717) is 6.54 Å². The first-order valence-corrected chi connectivity index (χ1v) is 9.80. The number of hydrogen-bond acceptors (Lipinski definition) is 5. The van der Waals surface area contributed by atoms with Crippen LogP contribution in [0.4, 0.5) is 0 Å². The molecule has 2 aromatic rings. The van der Waals surface area contributed by atoms with Gasteiger partial charge in [0.05, 0.1) is 16.4 Å². The highest BCUT2D eigenvalue weighted by Gasteiger charge is 2.13. The van der Waals surface area contributed by atoms with E-state index in [-0.39, 0.29) is 0 Å². The van der Waals surface area contributed by atoms with Gasteiger partial charge in [0.1, 0.15) is 5.76 Å². The van der Waals surface area contributed by atoms with Crippen LogP contribution in [0.15, 0.2) is 9.52 Å². The van der Waals surface area contributed by atoms with Crippen molar-refractivity contribution in [2.45, 2.75) is 59.9 Å². The van der Waals surface area contributed by atoms with Crippen LogP contribution in [0.25, 0.3) is 0 Å². The van der Waals surface area contributed by atoms with Crippen molar-refractivity contribution in [1.29, 1.82) is 0 Å². The highest BCUT2D eigenvalue weighted by atomic mass is 32.1. The lowest BCUT2D eigenvalue weighted by molar-refractivity contribution is 0.380. The van der Waals surface area contributed by atoms with Crippen molar-refractivity contribution in [3.8, 4) is 0 Å². The number of rotatable bonds is 8. The molecule has 7 heteroatoms. The predicted octanol–water partition coefficient (Wildman–Crippen LogP) is 3.03. The summed E-state index contributed by atoms with van der Waals surface area (Å²) in [7, 11) is 1.78. The van der Waals surface area contributed by atoms with Gasteiger partial charge in [-0.3, -0.25) is 4.99 Å².